The van der Waals surface area contributed by atoms with Crippen LogP contribution in [0.1, 0.15) is 18.4 Å². The number of unbranched alkanes of at least 4 members (excludes halogenated alkanes) is 1. The van der Waals surface area contributed by atoms with Gasteiger partial charge in [-0.1, -0.05) is 24.8 Å². The van der Waals surface area contributed by atoms with Gasteiger partial charge in [0, 0.05) is 5.88 Å². The molecule has 0 amide bonds. The molecule has 0 spiro atoms. The Morgan fingerprint density at radius 1 is 1.21 bits per heavy atom. The number of benzene rings is 1. The Bertz CT molecular complexity index is 266. The van der Waals surface area contributed by atoms with Crippen LogP contribution < -0.4 is 4.74 Å². The second kappa shape index (κ2) is 6.50. The van der Waals surface area contributed by atoms with E-state index in [0.717, 1.165) is 30.8 Å². The minimum atomic E-state index is 0.707. The summed E-state index contributed by atoms with van der Waals surface area (Å²) in [5, 5.41) is 0. The Labute approximate surface area is 90.3 Å². The SMILES string of the molecule is C=Cc1ccc(OCCCCCl)cc1. The molecule has 1 aromatic carbocycles. The van der Waals surface area contributed by atoms with E-state index in [1.54, 1.807) is 0 Å². The van der Waals surface area contributed by atoms with Crippen molar-refractivity contribution in [3.05, 3.63) is 36.4 Å². The van der Waals surface area contributed by atoms with E-state index in [9.17, 15) is 0 Å². The largest absolute Gasteiger partial charge is 0.494 e. The summed E-state index contributed by atoms with van der Waals surface area (Å²) in [4.78, 5) is 0. The van der Waals surface area contributed by atoms with Crippen LogP contribution in [-0.4, -0.2) is 12.5 Å². The van der Waals surface area contributed by atoms with Crippen LogP contribution in [0.4, 0.5) is 0 Å². The minimum Gasteiger partial charge on any atom is -0.494 e. The van der Waals surface area contributed by atoms with Gasteiger partial charge in [-0.3, -0.25) is 0 Å². The molecule has 1 nitrogen and oxygen atoms in total. The molecular formula is C12H15ClO. The van der Waals surface area contributed by atoms with Gasteiger partial charge in [0.15, 0.2) is 0 Å². The van der Waals surface area contributed by atoms with E-state index in [2.05, 4.69) is 6.58 Å². The smallest absolute Gasteiger partial charge is 0.119 e. The summed E-state index contributed by atoms with van der Waals surface area (Å²) in [6.07, 6.45) is 3.83. The molecule has 2 heteroatoms. The van der Waals surface area contributed by atoms with Crippen LogP contribution in [0.5, 0.6) is 5.75 Å². The molecule has 0 bridgehead atoms. The van der Waals surface area contributed by atoms with Crippen molar-refractivity contribution in [3.63, 3.8) is 0 Å². The lowest BCUT2D eigenvalue weighted by atomic mass is 10.2. The third kappa shape index (κ3) is 3.84. The van der Waals surface area contributed by atoms with Gasteiger partial charge in [-0.2, -0.15) is 0 Å². The van der Waals surface area contributed by atoms with E-state index in [4.69, 9.17) is 16.3 Å². The number of alkyl halides is 1. The maximum Gasteiger partial charge on any atom is 0.119 e. The molecule has 0 atom stereocenters. The van der Waals surface area contributed by atoms with E-state index in [-0.39, 0.29) is 0 Å². The maximum absolute atomic E-state index is 5.56. The number of rotatable bonds is 6. The highest BCUT2D eigenvalue weighted by molar-refractivity contribution is 6.17. The highest BCUT2D eigenvalue weighted by Gasteiger charge is 1.93. The van der Waals surface area contributed by atoms with Crippen molar-refractivity contribution in [3.8, 4) is 5.75 Å². The molecule has 0 saturated carbocycles. The molecule has 0 heterocycles. The molecule has 0 aliphatic heterocycles. The Hall–Kier alpha value is -0.950. The summed E-state index contributed by atoms with van der Waals surface area (Å²) >= 11 is 5.56. The molecule has 0 aliphatic carbocycles. The van der Waals surface area contributed by atoms with E-state index < -0.39 is 0 Å². The van der Waals surface area contributed by atoms with Crippen molar-refractivity contribution < 1.29 is 4.74 Å². The zero-order valence-electron chi connectivity index (χ0n) is 8.21. The fourth-order valence-electron chi connectivity index (χ4n) is 1.09. The normalized spacial score (nSPS) is 9.79. The molecule has 0 N–H and O–H groups in total. The summed E-state index contributed by atoms with van der Waals surface area (Å²) in [6, 6.07) is 7.89. The van der Waals surface area contributed by atoms with Crippen LogP contribution in [0, 0.1) is 0 Å². The minimum absolute atomic E-state index is 0.707. The van der Waals surface area contributed by atoms with Crippen LogP contribution in [0.2, 0.25) is 0 Å². The molecule has 0 radical (unpaired) electrons. The van der Waals surface area contributed by atoms with Crippen LogP contribution in [0.15, 0.2) is 30.8 Å². The number of ether oxygens (including phenoxy) is 1. The molecule has 1 rings (SSSR count). The fourth-order valence-corrected chi connectivity index (χ4v) is 1.28. The summed E-state index contributed by atoms with van der Waals surface area (Å²) in [5.41, 5.74) is 1.11. The first-order valence-electron chi connectivity index (χ1n) is 4.78. The van der Waals surface area contributed by atoms with Gasteiger partial charge in [-0.05, 0) is 30.5 Å². The number of hydrogen-bond acceptors (Lipinski definition) is 1. The Balaban J connectivity index is 2.32. The molecule has 76 valence electrons. The molecule has 1 aromatic rings. The second-order valence-corrected chi connectivity index (χ2v) is 3.40. The van der Waals surface area contributed by atoms with Crippen LogP contribution in [0.25, 0.3) is 6.08 Å². The third-order valence-electron chi connectivity index (χ3n) is 1.91. The molecule has 0 unspecified atom stereocenters. The second-order valence-electron chi connectivity index (χ2n) is 3.02. The Morgan fingerprint density at radius 3 is 2.50 bits per heavy atom. The lowest BCUT2D eigenvalue weighted by Crippen LogP contribution is -1.97. The predicted molar refractivity (Wildman–Crippen MR) is 62.0 cm³/mol. The highest BCUT2D eigenvalue weighted by atomic mass is 35.5. The molecule has 0 aliphatic rings. The number of halogens is 1. The van der Waals surface area contributed by atoms with Gasteiger partial charge >= 0.3 is 0 Å². The average Bonchev–Trinajstić information content (AvgIpc) is 2.25. The zero-order chi connectivity index (χ0) is 10.2. The van der Waals surface area contributed by atoms with Gasteiger partial charge in [0.25, 0.3) is 0 Å². The molecule has 0 saturated heterocycles. The van der Waals surface area contributed by atoms with Crippen LogP contribution >= 0.6 is 11.6 Å². The van der Waals surface area contributed by atoms with Gasteiger partial charge in [0.05, 0.1) is 6.61 Å². The van der Waals surface area contributed by atoms with Crippen molar-refractivity contribution >= 4 is 17.7 Å². The van der Waals surface area contributed by atoms with Crippen molar-refractivity contribution in [2.75, 3.05) is 12.5 Å². The van der Waals surface area contributed by atoms with E-state index in [1.807, 2.05) is 30.3 Å². The maximum atomic E-state index is 5.56. The molecule has 0 fully saturated rings. The summed E-state index contributed by atoms with van der Waals surface area (Å²) in [5.74, 6) is 1.61. The topological polar surface area (TPSA) is 9.23 Å². The Morgan fingerprint density at radius 2 is 1.93 bits per heavy atom. The fraction of sp³-hybridized carbons (Fsp3) is 0.333. The van der Waals surface area contributed by atoms with E-state index in [0.29, 0.717) is 5.88 Å². The first-order chi connectivity index (χ1) is 6.86. The highest BCUT2D eigenvalue weighted by Crippen LogP contribution is 2.13. The van der Waals surface area contributed by atoms with Crippen LogP contribution in [-0.2, 0) is 0 Å². The lowest BCUT2D eigenvalue weighted by Gasteiger charge is -2.05. The standard InChI is InChI=1S/C12H15ClO/c1-2-11-5-7-12(8-6-11)14-10-4-3-9-13/h2,5-8H,1,3-4,9-10H2. The first kappa shape index (κ1) is 11.1. The summed E-state index contributed by atoms with van der Waals surface area (Å²) in [6.45, 7) is 4.43. The number of hydrogen-bond donors (Lipinski definition) is 0. The van der Waals surface area contributed by atoms with Crippen LogP contribution in [0.3, 0.4) is 0 Å². The zero-order valence-corrected chi connectivity index (χ0v) is 8.96. The van der Waals surface area contributed by atoms with Gasteiger partial charge in [0.1, 0.15) is 5.75 Å². The van der Waals surface area contributed by atoms with Crippen molar-refractivity contribution in [2.24, 2.45) is 0 Å². The molecule has 0 aromatic heterocycles. The van der Waals surface area contributed by atoms with Gasteiger partial charge in [-0.15, -0.1) is 11.6 Å². The van der Waals surface area contributed by atoms with Crippen molar-refractivity contribution in [1.29, 1.82) is 0 Å². The van der Waals surface area contributed by atoms with E-state index in [1.165, 1.54) is 0 Å². The first-order valence-corrected chi connectivity index (χ1v) is 5.31. The third-order valence-corrected chi connectivity index (χ3v) is 2.18. The lowest BCUT2D eigenvalue weighted by molar-refractivity contribution is 0.309. The molecular weight excluding hydrogens is 196 g/mol. The van der Waals surface area contributed by atoms with Gasteiger partial charge in [-0.25, -0.2) is 0 Å². The molecule has 14 heavy (non-hydrogen) atoms. The average molecular weight is 211 g/mol. The van der Waals surface area contributed by atoms with E-state index >= 15 is 0 Å². The quantitative estimate of drug-likeness (QED) is 0.514. The summed E-state index contributed by atoms with van der Waals surface area (Å²) < 4.78 is 5.51. The van der Waals surface area contributed by atoms with Crippen molar-refractivity contribution in [1.82, 2.24) is 0 Å². The van der Waals surface area contributed by atoms with Crippen molar-refractivity contribution in [2.45, 2.75) is 12.8 Å². The summed E-state index contributed by atoms with van der Waals surface area (Å²) in [7, 11) is 0. The Kier molecular flexibility index (Phi) is 5.16. The van der Waals surface area contributed by atoms with Gasteiger partial charge in [0.2, 0.25) is 0 Å². The monoisotopic (exact) mass is 210 g/mol. The van der Waals surface area contributed by atoms with Gasteiger partial charge < -0.3 is 4.74 Å². The predicted octanol–water partition coefficient (Wildman–Crippen LogP) is 3.73.